The summed E-state index contributed by atoms with van der Waals surface area (Å²) in [6.07, 6.45) is 5.86. The molecule has 1 aliphatic rings. The van der Waals surface area contributed by atoms with Crippen LogP contribution in [0, 0.1) is 12.8 Å². The van der Waals surface area contributed by atoms with Gasteiger partial charge in [-0.2, -0.15) is 5.10 Å². The number of nitrogens with zero attached hydrogens (tertiary/aromatic N) is 6. The quantitative estimate of drug-likeness (QED) is 0.355. The minimum atomic E-state index is -0.0215. The van der Waals surface area contributed by atoms with Crippen LogP contribution in [0.15, 0.2) is 60.0 Å². The van der Waals surface area contributed by atoms with E-state index in [0.717, 1.165) is 25.0 Å². The molecule has 1 unspecified atom stereocenters. The van der Waals surface area contributed by atoms with Crippen molar-refractivity contribution in [3.8, 4) is 0 Å². The Kier molecular flexibility index (Phi) is 8.17. The molecule has 0 aliphatic carbocycles. The molecular weight excluding hydrogens is 460 g/mol. The van der Waals surface area contributed by atoms with E-state index in [2.05, 4.69) is 27.2 Å². The third-order valence-corrected chi connectivity index (χ3v) is 7.49. The number of aryl methyl sites for hydroxylation is 2. The summed E-state index contributed by atoms with van der Waals surface area (Å²) in [4.78, 5) is 38.4. The Morgan fingerprint density at radius 1 is 1.11 bits per heavy atom. The van der Waals surface area contributed by atoms with Gasteiger partial charge in [0.25, 0.3) is 5.91 Å². The van der Waals surface area contributed by atoms with Crippen LogP contribution < -0.4 is 0 Å². The van der Waals surface area contributed by atoms with Gasteiger partial charge in [0, 0.05) is 45.6 Å². The highest BCUT2D eigenvalue weighted by atomic mass is 32.2. The Hall–Kier alpha value is -3.20. The van der Waals surface area contributed by atoms with Gasteiger partial charge in [-0.15, -0.1) is 0 Å². The second kappa shape index (κ2) is 11.5. The van der Waals surface area contributed by atoms with Gasteiger partial charge in [0.05, 0.1) is 11.4 Å². The number of thioether (sulfide) groups is 1. The van der Waals surface area contributed by atoms with Crippen LogP contribution in [0.5, 0.6) is 0 Å². The number of carbonyl (C=O) groups is 2. The number of likely N-dealkylation sites (tertiary alicyclic amines) is 1. The van der Waals surface area contributed by atoms with Crippen molar-refractivity contribution >= 4 is 23.6 Å². The summed E-state index contributed by atoms with van der Waals surface area (Å²) in [5, 5.41) is 4.97. The minimum Gasteiger partial charge on any atom is -0.342 e. The maximum atomic E-state index is 13.4. The zero-order valence-corrected chi connectivity index (χ0v) is 21.3. The fraction of sp³-hybridized carbons (Fsp3) is 0.423. The van der Waals surface area contributed by atoms with Crippen LogP contribution in [-0.4, -0.2) is 73.3 Å². The van der Waals surface area contributed by atoms with E-state index in [0.29, 0.717) is 35.6 Å². The van der Waals surface area contributed by atoms with Crippen LogP contribution in [0.3, 0.4) is 0 Å². The normalized spacial score (nSPS) is 15.1. The van der Waals surface area contributed by atoms with Crippen molar-refractivity contribution in [3.05, 3.63) is 71.8 Å². The number of carbonyl (C=O) groups excluding carboxylic acids is 2. The van der Waals surface area contributed by atoms with Crippen LogP contribution in [0.1, 0.15) is 34.6 Å². The third-order valence-electron chi connectivity index (χ3n) is 6.63. The van der Waals surface area contributed by atoms with Gasteiger partial charge in [-0.25, -0.2) is 9.97 Å². The van der Waals surface area contributed by atoms with E-state index in [1.54, 1.807) is 23.1 Å². The molecule has 8 nitrogen and oxygen atoms in total. The lowest BCUT2D eigenvalue weighted by Gasteiger charge is -2.40. The summed E-state index contributed by atoms with van der Waals surface area (Å²) in [6, 6.07) is 13.9. The standard InChI is InChI=1S/C26H32N6O2S/c1-19-16-23(31(3)29-19)25(34)30(2)22(17-20-8-5-4-6-9-20)21-10-14-32(15-11-21)24(33)18-35-26-27-12-7-13-28-26/h4-9,12-13,16,21-22H,10-11,14-15,17-18H2,1-3H3. The van der Waals surface area contributed by atoms with E-state index in [1.165, 1.54) is 17.3 Å². The first kappa shape index (κ1) is 24.9. The number of piperidine rings is 1. The summed E-state index contributed by atoms with van der Waals surface area (Å²) in [6.45, 7) is 3.28. The number of rotatable bonds is 8. The van der Waals surface area contributed by atoms with Gasteiger partial charge < -0.3 is 9.80 Å². The topological polar surface area (TPSA) is 84.2 Å². The van der Waals surface area contributed by atoms with Gasteiger partial charge in [0.15, 0.2) is 5.16 Å². The van der Waals surface area contributed by atoms with Crippen LogP contribution in [0.2, 0.25) is 0 Å². The first-order chi connectivity index (χ1) is 16.9. The molecule has 3 heterocycles. The molecule has 1 aliphatic heterocycles. The van der Waals surface area contributed by atoms with Gasteiger partial charge >= 0.3 is 0 Å². The highest BCUT2D eigenvalue weighted by Gasteiger charge is 2.33. The maximum absolute atomic E-state index is 13.4. The molecule has 3 aromatic rings. The molecule has 35 heavy (non-hydrogen) atoms. The monoisotopic (exact) mass is 492 g/mol. The average Bonchev–Trinajstić information content (AvgIpc) is 3.24. The fourth-order valence-corrected chi connectivity index (χ4v) is 5.43. The highest BCUT2D eigenvalue weighted by molar-refractivity contribution is 7.99. The van der Waals surface area contributed by atoms with Crippen molar-refractivity contribution in [1.29, 1.82) is 0 Å². The zero-order chi connectivity index (χ0) is 24.8. The van der Waals surface area contributed by atoms with Crippen molar-refractivity contribution in [2.24, 2.45) is 13.0 Å². The van der Waals surface area contributed by atoms with Gasteiger partial charge in [-0.05, 0) is 49.8 Å². The molecule has 1 saturated heterocycles. The van der Waals surface area contributed by atoms with Crippen LogP contribution in [0.25, 0.3) is 0 Å². The molecule has 0 N–H and O–H groups in total. The molecule has 4 rings (SSSR count). The van der Waals surface area contributed by atoms with E-state index in [9.17, 15) is 9.59 Å². The third kappa shape index (κ3) is 6.28. The lowest BCUT2D eigenvalue weighted by Crippen LogP contribution is -2.49. The summed E-state index contributed by atoms with van der Waals surface area (Å²) < 4.78 is 1.66. The molecule has 184 valence electrons. The highest BCUT2D eigenvalue weighted by Crippen LogP contribution is 2.28. The Labute approximate surface area is 210 Å². The lowest BCUT2D eigenvalue weighted by atomic mass is 9.85. The summed E-state index contributed by atoms with van der Waals surface area (Å²) in [5.74, 6) is 0.718. The number of aromatic nitrogens is 4. The Morgan fingerprint density at radius 2 is 1.80 bits per heavy atom. The molecular formula is C26H32N6O2S. The van der Waals surface area contributed by atoms with Crippen molar-refractivity contribution in [2.45, 2.75) is 37.4 Å². The van der Waals surface area contributed by atoms with Crippen LogP contribution in [0.4, 0.5) is 0 Å². The predicted molar refractivity (Wildman–Crippen MR) is 136 cm³/mol. The van der Waals surface area contributed by atoms with Crippen molar-refractivity contribution in [1.82, 2.24) is 29.5 Å². The number of hydrogen-bond donors (Lipinski definition) is 0. The molecule has 9 heteroatoms. The lowest BCUT2D eigenvalue weighted by molar-refractivity contribution is -0.130. The molecule has 1 atom stereocenters. The average molecular weight is 493 g/mol. The molecule has 2 amide bonds. The first-order valence-corrected chi connectivity index (χ1v) is 12.9. The Balaban J connectivity index is 1.42. The van der Waals surface area contributed by atoms with Gasteiger partial charge in [-0.1, -0.05) is 42.1 Å². The minimum absolute atomic E-state index is 0.0215. The molecule has 0 bridgehead atoms. The van der Waals surface area contributed by atoms with E-state index in [4.69, 9.17) is 0 Å². The van der Waals surface area contributed by atoms with Crippen LogP contribution in [-0.2, 0) is 18.3 Å². The fourth-order valence-electron chi connectivity index (χ4n) is 4.73. The van der Waals surface area contributed by atoms with Gasteiger partial charge in [0.1, 0.15) is 5.69 Å². The number of likely N-dealkylation sites (N-methyl/N-ethyl adjacent to an activating group) is 1. The second-order valence-electron chi connectivity index (χ2n) is 9.01. The molecule has 0 spiro atoms. The second-order valence-corrected chi connectivity index (χ2v) is 9.95. The van der Waals surface area contributed by atoms with Gasteiger partial charge in [0.2, 0.25) is 5.91 Å². The number of hydrogen-bond acceptors (Lipinski definition) is 6. The predicted octanol–water partition coefficient (Wildman–Crippen LogP) is 3.23. The summed E-state index contributed by atoms with van der Waals surface area (Å²) in [7, 11) is 3.70. The van der Waals surface area contributed by atoms with Crippen molar-refractivity contribution in [2.75, 3.05) is 25.9 Å². The number of amides is 2. The SMILES string of the molecule is Cc1cc(C(=O)N(C)C(Cc2ccccc2)C2CCN(C(=O)CSc3ncccn3)CC2)n(C)n1. The van der Waals surface area contributed by atoms with E-state index < -0.39 is 0 Å². The molecule has 1 aromatic carbocycles. The Morgan fingerprint density at radius 3 is 2.43 bits per heavy atom. The van der Waals surface area contributed by atoms with E-state index in [-0.39, 0.29) is 17.9 Å². The van der Waals surface area contributed by atoms with E-state index >= 15 is 0 Å². The van der Waals surface area contributed by atoms with Crippen molar-refractivity contribution < 1.29 is 9.59 Å². The first-order valence-electron chi connectivity index (χ1n) is 11.9. The van der Waals surface area contributed by atoms with Crippen LogP contribution >= 0.6 is 11.8 Å². The zero-order valence-electron chi connectivity index (χ0n) is 20.5. The van der Waals surface area contributed by atoms with Gasteiger partial charge in [-0.3, -0.25) is 14.3 Å². The maximum Gasteiger partial charge on any atom is 0.272 e. The summed E-state index contributed by atoms with van der Waals surface area (Å²) >= 11 is 1.37. The molecule has 0 radical (unpaired) electrons. The largest absolute Gasteiger partial charge is 0.342 e. The Bertz CT molecular complexity index is 1130. The number of benzene rings is 1. The summed E-state index contributed by atoms with van der Waals surface area (Å²) in [5.41, 5.74) is 2.63. The molecule has 0 saturated carbocycles. The molecule has 2 aromatic heterocycles. The van der Waals surface area contributed by atoms with E-state index in [1.807, 2.05) is 55.1 Å². The van der Waals surface area contributed by atoms with Crippen molar-refractivity contribution in [3.63, 3.8) is 0 Å². The smallest absolute Gasteiger partial charge is 0.272 e. The molecule has 1 fully saturated rings.